The molecule has 1 atom stereocenters. The van der Waals surface area contributed by atoms with E-state index in [0.717, 1.165) is 56.2 Å². The summed E-state index contributed by atoms with van der Waals surface area (Å²) in [5.41, 5.74) is 0.171. The van der Waals surface area contributed by atoms with Gasteiger partial charge in [-0.2, -0.15) is 0 Å². The van der Waals surface area contributed by atoms with Gasteiger partial charge in [-0.05, 0) is 62.2 Å². The minimum absolute atomic E-state index is 0.152. The first-order valence-corrected chi connectivity index (χ1v) is 9.33. The molecule has 126 valence electrons. The molecular weight excluding hydrogens is 330 g/mol. The number of benzene rings is 1. The number of hydrogen-bond donors (Lipinski definition) is 1. The van der Waals surface area contributed by atoms with E-state index in [1.54, 1.807) is 6.07 Å². The molecular formula is C18H18F2N2OS. The lowest BCUT2D eigenvalue weighted by Crippen LogP contribution is -2.65. The van der Waals surface area contributed by atoms with Crippen LogP contribution in [0.25, 0.3) is 10.1 Å². The highest BCUT2D eigenvalue weighted by Crippen LogP contribution is 2.53. The average Bonchev–Trinajstić information content (AvgIpc) is 3.22. The normalized spacial score (nSPS) is 30.0. The first kappa shape index (κ1) is 14.8. The van der Waals surface area contributed by atoms with E-state index < -0.39 is 11.6 Å². The van der Waals surface area contributed by atoms with Crippen LogP contribution in [0.1, 0.15) is 35.4 Å². The standard InChI is InChI=1S/C18H18F2N2OS/c19-12-7-11-8-14(24-15(11)13(20)9-12)17(23)21-16-10-1-5-22(6-2-10)18(16)3-4-18/h7-10,16H,1-6H2,(H,21,23)/t16-/m0/s1. The monoisotopic (exact) mass is 348 g/mol. The van der Waals surface area contributed by atoms with Crippen LogP contribution in [0.3, 0.4) is 0 Å². The summed E-state index contributed by atoms with van der Waals surface area (Å²) in [6, 6.07) is 3.94. The predicted octanol–water partition coefficient (Wildman–Crippen LogP) is 3.54. The summed E-state index contributed by atoms with van der Waals surface area (Å²) in [5.74, 6) is -0.819. The zero-order valence-electron chi connectivity index (χ0n) is 13.1. The number of piperidine rings is 3. The molecule has 24 heavy (non-hydrogen) atoms. The van der Waals surface area contributed by atoms with Crippen molar-refractivity contribution < 1.29 is 13.6 Å². The second kappa shape index (κ2) is 4.99. The second-order valence-corrected chi connectivity index (χ2v) is 8.35. The highest BCUT2D eigenvalue weighted by atomic mass is 32.1. The van der Waals surface area contributed by atoms with Gasteiger partial charge < -0.3 is 5.32 Å². The molecule has 4 aliphatic rings. The third-order valence-corrected chi connectivity index (χ3v) is 7.19. The van der Waals surface area contributed by atoms with Gasteiger partial charge in [0.2, 0.25) is 0 Å². The summed E-state index contributed by atoms with van der Waals surface area (Å²) in [6.07, 6.45) is 4.58. The second-order valence-electron chi connectivity index (χ2n) is 7.30. The lowest BCUT2D eigenvalue weighted by atomic mass is 9.77. The van der Waals surface area contributed by atoms with E-state index in [2.05, 4.69) is 10.2 Å². The van der Waals surface area contributed by atoms with Gasteiger partial charge >= 0.3 is 0 Å². The van der Waals surface area contributed by atoms with Gasteiger partial charge in [0.15, 0.2) is 0 Å². The average molecular weight is 348 g/mol. The zero-order chi connectivity index (χ0) is 16.5. The fourth-order valence-corrected chi connectivity index (χ4v) is 5.67. The molecule has 1 spiro atoms. The van der Waals surface area contributed by atoms with Crippen LogP contribution in [0.5, 0.6) is 0 Å². The molecule has 4 heterocycles. The number of carbonyl (C=O) groups is 1. The van der Waals surface area contributed by atoms with Crippen molar-refractivity contribution >= 4 is 27.3 Å². The third-order valence-electron chi connectivity index (χ3n) is 6.03. The Kier molecular flexibility index (Phi) is 3.07. The maximum Gasteiger partial charge on any atom is 0.261 e. The molecule has 1 saturated carbocycles. The first-order chi connectivity index (χ1) is 11.6. The van der Waals surface area contributed by atoms with Crippen LogP contribution in [-0.2, 0) is 0 Å². The summed E-state index contributed by atoms with van der Waals surface area (Å²) in [5, 5.41) is 3.68. The number of amides is 1. The Morgan fingerprint density at radius 2 is 1.96 bits per heavy atom. The molecule has 3 aliphatic heterocycles. The summed E-state index contributed by atoms with van der Waals surface area (Å²) < 4.78 is 27.6. The van der Waals surface area contributed by atoms with E-state index in [-0.39, 0.29) is 17.5 Å². The summed E-state index contributed by atoms with van der Waals surface area (Å²) in [6.45, 7) is 2.29. The van der Waals surface area contributed by atoms with Gasteiger partial charge in [0.05, 0.1) is 15.6 Å². The minimum atomic E-state index is -0.612. The molecule has 0 radical (unpaired) electrons. The van der Waals surface area contributed by atoms with E-state index in [0.29, 0.717) is 20.9 Å². The Hall–Kier alpha value is -1.53. The van der Waals surface area contributed by atoms with Crippen molar-refractivity contribution in [1.29, 1.82) is 0 Å². The van der Waals surface area contributed by atoms with Gasteiger partial charge in [-0.1, -0.05) is 0 Å². The molecule has 6 rings (SSSR count). The topological polar surface area (TPSA) is 32.3 Å². The van der Waals surface area contributed by atoms with E-state index in [4.69, 9.17) is 0 Å². The number of carbonyl (C=O) groups excluding carboxylic acids is 1. The molecule has 2 aromatic rings. The molecule has 3 nitrogen and oxygen atoms in total. The van der Waals surface area contributed by atoms with Crippen LogP contribution < -0.4 is 5.32 Å². The van der Waals surface area contributed by atoms with Crippen LogP contribution >= 0.6 is 11.3 Å². The van der Waals surface area contributed by atoms with Gasteiger partial charge in [-0.3, -0.25) is 9.69 Å². The van der Waals surface area contributed by atoms with E-state index in [1.807, 2.05) is 0 Å². The predicted molar refractivity (Wildman–Crippen MR) is 89.3 cm³/mol. The van der Waals surface area contributed by atoms with Crippen molar-refractivity contribution in [3.05, 3.63) is 34.7 Å². The zero-order valence-corrected chi connectivity index (χ0v) is 14.0. The fourth-order valence-electron chi connectivity index (χ4n) is 4.72. The van der Waals surface area contributed by atoms with Crippen LogP contribution in [0.15, 0.2) is 18.2 Å². The number of thiophene rings is 1. The number of rotatable bonds is 2. The molecule has 1 aromatic carbocycles. The largest absolute Gasteiger partial charge is 0.346 e. The molecule has 1 aliphatic carbocycles. The van der Waals surface area contributed by atoms with Gasteiger partial charge in [-0.15, -0.1) is 11.3 Å². The molecule has 0 unspecified atom stereocenters. The number of fused-ring (bicyclic) bond motifs is 3. The summed E-state index contributed by atoms with van der Waals surface area (Å²) in [4.78, 5) is 15.7. The molecule has 1 N–H and O–H groups in total. The van der Waals surface area contributed by atoms with Crippen molar-refractivity contribution in [1.82, 2.24) is 10.2 Å². The lowest BCUT2D eigenvalue weighted by molar-refractivity contribution is -0.00138. The smallest absolute Gasteiger partial charge is 0.261 e. The quantitative estimate of drug-likeness (QED) is 0.900. The Morgan fingerprint density at radius 1 is 1.21 bits per heavy atom. The molecule has 3 saturated heterocycles. The van der Waals surface area contributed by atoms with Gasteiger partial charge in [0, 0.05) is 11.6 Å². The van der Waals surface area contributed by atoms with Crippen molar-refractivity contribution in [2.45, 2.75) is 37.3 Å². The molecule has 1 aromatic heterocycles. The number of nitrogens with one attached hydrogen (secondary N) is 1. The first-order valence-electron chi connectivity index (χ1n) is 8.51. The van der Waals surface area contributed by atoms with Crippen LogP contribution in [0.4, 0.5) is 8.78 Å². The Morgan fingerprint density at radius 3 is 2.67 bits per heavy atom. The number of hydrogen-bond acceptors (Lipinski definition) is 3. The Labute approximate surface area is 142 Å². The van der Waals surface area contributed by atoms with Crippen LogP contribution in [0.2, 0.25) is 0 Å². The Balaban J connectivity index is 1.44. The molecule has 6 heteroatoms. The van der Waals surface area contributed by atoms with E-state index in [9.17, 15) is 13.6 Å². The van der Waals surface area contributed by atoms with E-state index >= 15 is 0 Å². The molecule has 4 fully saturated rings. The molecule has 2 bridgehead atoms. The van der Waals surface area contributed by atoms with Crippen LogP contribution in [0, 0.1) is 17.6 Å². The highest BCUT2D eigenvalue weighted by molar-refractivity contribution is 7.20. The minimum Gasteiger partial charge on any atom is -0.346 e. The van der Waals surface area contributed by atoms with Gasteiger partial charge in [-0.25, -0.2) is 8.78 Å². The maximum atomic E-state index is 13.9. The van der Waals surface area contributed by atoms with Gasteiger partial charge in [0.25, 0.3) is 5.91 Å². The van der Waals surface area contributed by atoms with Gasteiger partial charge in [0.1, 0.15) is 11.6 Å². The molecule has 1 amide bonds. The van der Waals surface area contributed by atoms with Crippen LogP contribution in [-0.4, -0.2) is 35.5 Å². The number of nitrogens with zero attached hydrogens (tertiary/aromatic N) is 1. The lowest BCUT2D eigenvalue weighted by Gasteiger charge is -2.52. The highest BCUT2D eigenvalue weighted by Gasteiger charge is 2.60. The van der Waals surface area contributed by atoms with E-state index in [1.165, 1.54) is 6.07 Å². The SMILES string of the molecule is O=C(N[C@H]1C2CCN(CC2)C12CC2)c1cc2cc(F)cc(F)c2s1. The van der Waals surface area contributed by atoms with Crippen molar-refractivity contribution in [2.24, 2.45) is 5.92 Å². The Bertz CT molecular complexity index is 837. The summed E-state index contributed by atoms with van der Waals surface area (Å²) in [7, 11) is 0. The summed E-state index contributed by atoms with van der Waals surface area (Å²) >= 11 is 1.10. The fraction of sp³-hybridized carbons (Fsp3) is 0.500. The maximum absolute atomic E-state index is 13.9. The van der Waals surface area contributed by atoms with Crippen molar-refractivity contribution in [3.63, 3.8) is 0 Å². The van der Waals surface area contributed by atoms with Crippen molar-refractivity contribution in [2.75, 3.05) is 13.1 Å². The number of halogens is 2. The third kappa shape index (κ3) is 2.05. The van der Waals surface area contributed by atoms with Crippen molar-refractivity contribution in [3.8, 4) is 0 Å².